The maximum absolute atomic E-state index is 11.8. The van der Waals surface area contributed by atoms with E-state index in [0.29, 0.717) is 13.1 Å². The molecule has 1 aromatic carbocycles. The Morgan fingerprint density at radius 3 is 2.19 bits per heavy atom. The van der Waals surface area contributed by atoms with E-state index < -0.39 is 11.7 Å². The number of benzene rings is 1. The normalized spacial score (nSPS) is 12.9. The summed E-state index contributed by atoms with van der Waals surface area (Å²) in [5.41, 5.74) is 10.3. The van der Waals surface area contributed by atoms with Crippen molar-refractivity contribution in [3.05, 3.63) is 34.4 Å². The van der Waals surface area contributed by atoms with Gasteiger partial charge in [-0.25, -0.2) is 4.79 Å². The van der Waals surface area contributed by atoms with Crippen molar-refractivity contribution in [2.45, 2.75) is 53.1 Å². The summed E-state index contributed by atoms with van der Waals surface area (Å²) < 4.78 is 5.26. The summed E-state index contributed by atoms with van der Waals surface area (Å²) in [7, 11) is 0. The van der Waals surface area contributed by atoms with Crippen LogP contribution >= 0.6 is 0 Å². The number of ether oxygens (including phenoxy) is 1. The van der Waals surface area contributed by atoms with Gasteiger partial charge in [-0.05, 0) is 58.2 Å². The lowest BCUT2D eigenvalue weighted by Crippen LogP contribution is -2.36. The Hall–Kier alpha value is -1.55. The van der Waals surface area contributed by atoms with E-state index in [-0.39, 0.29) is 5.92 Å². The molecule has 1 unspecified atom stereocenters. The molecule has 1 atom stereocenters. The number of rotatable bonds is 4. The topological polar surface area (TPSA) is 64.3 Å². The zero-order chi connectivity index (χ0) is 16.2. The third-order valence-electron chi connectivity index (χ3n) is 3.32. The second kappa shape index (κ2) is 6.94. The molecule has 0 bridgehead atoms. The Bertz CT molecular complexity index is 481. The van der Waals surface area contributed by atoms with Crippen LogP contribution in [-0.2, 0) is 4.74 Å². The summed E-state index contributed by atoms with van der Waals surface area (Å²) in [5, 5.41) is 2.82. The molecule has 0 aliphatic rings. The minimum absolute atomic E-state index is 0.0955. The zero-order valence-electron chi connectivity index (χ0n) is 14.0. The first-order valence-electron chi connectivity index (χ1n) is 7.38. The molecular formula is C17H28N2O2. The van der Waals surface area contributed by atoms with Gasteiger partial charge in [-0.2, -0.15) is 0 Å². The average Bonchev–Trinajstić information content (AvgIpc) is 2.29. The summed E-state index contributed by atoms with van der Waals surface area (Å²) in [6, 6.07) is 4.30. The summed E-state index contributed by atoms with van der Waals surface area (Å²) in [6.45, 7) is 12.8. The Balaban J connectivity index is 2.79. The summed E-state index contributed by atoms with van der Waals surface area (Å²) in [6.07, 6.45) is -0.400. The highest BCUT2D eigenvalue weighted by Gasteiger charge is 2.19. The van der Waals surface area contributed by atoms with Crippen molar-refractivity contribution in [2.24, 2.45) is 5.73 Å². The lowest BCUT2D eigenvalue weighted by Gasteiger charge is -2.23. The third kappa shape index (κ3) is 5.38. The molecule has 0 saturated heterocycles. The first-order valence-corrected chi connectivity index (χ1v) is 7.38. The Labute approximate surface area is 128 Å². The molecule has 0 radical (unpaired) electrons. The number of nitrogens with two attached hydrogens (primary N) is 1. The highest BCUT2D eigenvalue weighted by molar-refractivity contribution is 5.67. The SMILES string of the molecule is Cc1cc(C)c(C(CN)CNC(=O)OC(C)(C)C)c(C)c1. The molecule has 0 heterocycles. The Morgan fingerprint density at radius 2 is 1.76 bits per heavy atom. The fourth-order valence-corrected chi connectivity index (χ4v) is 2.66. The molecule has 1 rings (SSSR count). The van der Waals surface area contributed by atoms with Gasteiger partial charge in [0.1, 0.15) is 5.60 Å². The number of aryl methyl sites for hydroxylation is 3. The standard InChI is InChI=1S/C17H28N2O2/c1-11-7-12(2)15(13(3)8-11)14(9-18)10-19-16(20)21-17(4,5)6/h7-8,14H,9-10,18H2,1-6H3,(H,19,20). The van der Waals surface area contributed by atoms with Gasteiger partial charge in [-0.15, -0.1) is 0 Å². The van der Waals surface area contributed by atoms with E-state index in [0.717, 1.165) is 0 Å². The fourth-order valence-electron chi connectivity index (χ4n) is 2.66. The van der Waals surface area contributed by atoms with Crippen LogP contribution in [0.5, 0.6) is 0 Å². The Morgan fingerprint density at radius 1 is 1.24 bits per heavy atom. The molecule has 0 aliphatic heterocycles. The van der Waals surface area contributed by atoms with E-state index in [1.807, 2.05) is 20.8 Å². The molecule has 1 aromatic rings. The van der Waals surface area contributed by atoms with E-state index in [4.69, 9.17) is 10.5 Å². The molecule has 0 saturated carbocycles. The molecule has 3 N–H and O–H groups in total. The van der Waals surface area contributed by atoms with E-state index in [9.17, 15) is 4.79 Å². The maximum Gasteiger partial charge on any atom is 0.407 e. The van der Waals surface area contributed by atoms with Gasteiger partial charge in [0, 0.05) is 19.0 Å². The first kappa shape index (κ1) is 17.5. The monoisotopic (exact) mass is 292 g/mol. The zero-order valence-corrected chi connectivity index (χ0v) is 14.0. The van der Waals surface area contributed by atoms with Gasteiger partial charge < -0.3 is 15.8 Å². The number of carbonyl (C=O) groups is 1. The van der Waals surface area contributed by atoms with Crippen LogP contribution in [0.4, 0.5) is 4.79 Å². The van der Waals surface area contributed by atoms with Crippen molar-refractivity contribution in [3.63, 3.8) is 0 Å². The molecule has 4 nitrogen and oxygen atoms in total. The molecule has 0 aliphatic carbocycles. The molecule has 0 fully saturated rings. The van der Waals surface area contributed by atoms with Crippen molar-refractivity contribution in [1.29, 1.82) is 0 Å². The summed E-state index contributed by atoms with van der Waals surface area (Å²) in [4.78, 5) is 11.8. The molecule has 118 valence electrons. The second-order valence-corrected chi connectivity index (χ2v) is 6.63. The highest BCUT2D eigenvalue weighted by atomic mass is 16.6. The van der Waals surface area contributed by atoms with Gasteiger partial charge in [-0.1, -0.05) is 17.7 Å². The van der Waals surface area contributed by atoms with E-state index >= 15 is 0 Å². The number of hydrogen-bond donors (Lipinski definition) is 2. The summed E-state index contributed by atoms with van der Waals surface area (Å²) in [5.74, 6) is 0.0955. The van der Waals surface area contributed by atoms with Crippen molar-refractivity contribution in [1.82, 2.24) is 5.32 Å². The van der Waals surface area contributed by atoms with Gasteiger partial charge in [0.05, 0.1) is 0 Å². The van der Waals surface area contributed by atoms with Crippen LogP contribution in [0.2, 0.25) is 0 Å². The van der Waals surface area contributed by atoms with E-state index in [1.54, 1.807) is 0 Å². The maximum atomic E-state index is 11.8. The van der Waals surface area contributed by atoms with Gasteiger partial charge in [0.2, 0.25) is 0 Å². The van der Waals surface area contributed by atoms with Gasteiger partial charge in [0.15, 0.2) is 0 Å². The molecule has 0 spiro atoms. The number of alkyl carbamates (subject to hydrolysis) is 1. The minimum Gasteiger partial charge on any atom is -0.444 e. The number of nitrogens with one attached hydrogen (secondary N) is 1. The lowest BCUT2D eigenvalue weighted by atomic mass is 9.89. The van der Waals surface area contributed by atoms with Crippen molar-refractivity contribution in [2.75, 3.05) is 13.1 Å². The van der Waals surface area contributed by atoms with Crippen LogP contribution in [0, 0.1) is 20.8 Å². The minimum atomic E-state index is -0.488. The van der Waals surface area contributed by atoms with Crippen LogP contribution < -0.4 is 11.1 Å². The highest BCUT2D eigenvalue weighted by Crippen LogP contribution is 2.24. The fraction of sp³-hybridized carbons (Fsp3) is 0.588. The third-order valence-corrected chi connectivity index (χ3v) is 3.32. The molecule has 1 amide bonds. The van der Waals surface area contributed by atoms with Crippen LogP contribution in [-0.4, -0.2) is 24.8 Å². The quantitative estimate of drug-likeness (QED) is 0.896. The molecule has 21 heavy (non-hydrogen) atoms. The van der Waals surface area contributed by atoms with Crippen molar-refractivity contribution in [3.8, 4) is 0 Å². The smallest absolute Gasteiger partial charge is 0.407 e. The molecular weight excluding hydrogens is 264 g/mol. The summed E-state index contributed by atoms with van der Waals surface area (Å²) >= 11 is 0. The van der Waals surface area contributed by atoms with E-state index in [2.05, 4.69) is 38.2 Å². The van der Waals surface area contributed by atoms with Gasteiger partial charge >= 0.3 is 6.09 Å². The second-order valence-electron chi connectivity index (χ2n) is 6.63. The Kier molecular flexibility index (Phi) is 5.78. The predicted molar refractivity (Wildman–Crippen MR) is 86.7 cm³/mol. The number of amides is 1. The van der Waals surface area contributed by atoms with Crippen molar-refractivity contribution >= 4 is 6.09 Å². The number of carbonyl (C=O) groups excluding carboxylic acids is 1. The lowest BCUT2D eigenvalue weighted by molar-refractivity contribution is 0.0524. The number of hydrogen-bond acceptors (Lipinski definition) is 3. The van der Waals surface area contributed by atoms with Gasteiger partial charge in [0.25, 0.3) is 0 Å². The van der Waals surface area contributed by atoms with Gasteiger partial charge in [-0.3, -0.25) is 0 Å². The van der Waals surface area contributed by atoms with Crippen LogP contribution in [0.25, 0.3) is 0 Å². The average molecular weight is 292 g/mol. The molecule has 0 aromatic heterocycles. The van der Waals surface area contributed by atoms with Crippen LogP contribution in [0.15, 0.2) is 12.1 Å². The van der Waals surface area contributed by atoms with Crippen molar-refractivity contribution < 1.29 is 9.53 Å². The van der Waals surface area contributed by atoms with Crippen LogP contribution in [0.1, 0.15) is 48.9 Å². The first-order chi connectivity index (χ1) is 9.64. The predicted octanol–water partition coefficient (Wildman–Crippen LogP) is 3.18. The molecule has 4 heteroatoms. The van der Waals surface area contributed by atoms with Crippen LogP contribution in [0.3, 0.4) is 0 Å². The van der Waals surface area contributed by atoms with E-state index in [1.165, 1.54) is 22.3 Å². The largest absolute Gasteiger partial charge is 0.444 e.